The molecule has 0 bridgehead atoms. The molecule has 0 unspecified atom stereocenters. The highest BCUT2D eigenvalue weighted by atomic mass is 35.5. The summed E-state index contributed by atoms with van der Waals surface area (Å²) in [5.74, 6) is 0.777. The average Bonchev–Trinajstić information content (AvgIpc) is 2.96. The van der Waals surface area contributed by atoms with Crippen molar-refractivity contribution >= 4 is 17.6 Å². The molecule has 3 rings (SSSR count). The number of benzene rings is 1. The monoisotopic (exact) mass is 323 g/mol. The Morgan fingerprint density at radius 1 is 1.41 bits per heavy atom. The highest BCUT2D eigenvalue weighted by Gasteiger charge is 2.31. The number of amides is 2. The molecule has 0 aliphatic carbocycles. The second kappa shape index (κ2) is 6.75. The molecule has 1 atom stereocenters. The first-order valence-electron chi connectivity index (χ1n) is 7.76. The predicted molar refractivity (Wildman–Crippen MR) is 86.4 cm³/mol. The van der Waals surface area contributed by atoms with Crippen molar-refractivity contribution in [2.45, 2.75) is 25.4 Å². The zero-order valence-electron chi connectivity index (χ0n) is 12.8. The first-order chi connectivity index (χ1) is 10.7. The smallest absolute Gasteiger partial charge is 0.317 e. The molecule has 5 nitrogen and oxygen atoms in total. The summed E-state index contributed by atoms with van der Waals surface area (Å²) in [4.78, 5) is 16.2. The number of likely N-dealkylation sites (tertiary alicyclic amines) is 1. The lowest BCUT2D eigenvalue weighted by atomic mass is 10.0. The van der Waals surface area contributed by atoms with E-state index in [1.807, 2.05) is 23.1 Å². The van der Waals surface area contributed by atoms with Crippen molar-refractivity contribution in [2.24, 2.45) is 0 Å². The Morgan fingerprint density at radius 2 is 2.27 bits per heavy atom. The molecular formula is C16H22ClN3O2. The molecule has 1 aromatic rings. The first-order valence-corrected chi connectivity index (χ1v) is 8.14. The molecule has 2 fully saturated rings. The van der Waals surface area contributed by atoms with Gasteiger partial charge in [-0.3, -0.25) is 4.90 Å². The minimum Gasteiger partial charge on any atom is -0.497 e. The summed E-state index contributed by atoms with van der Waals surface area (Å²) in [6.07, 6.45) is 2.20. The van der Waals surface area contributed by atoms with Crippen molar-refractivity contribution < 1.29 is 9.53 Å². The van der Waals surface area contributed by atoms with Gasteiger partial charge in [0.2, 0.25) is 0 Å². The zero-order chi connectivity index (χ0) is 15.5. The second-order valence-corrected chi connectivity index (χ2v) is 6.32. The van der Waals surface area contributed by atoms with E-state index in [0.717, 1.165) is 61.9 Å². The van der Waals surface area contributed by atoms with Crippen LogP contribution in [0.15, 0.2) is 18.2 Å². The van der Waals surface area contributed by atoms with Crippen molar-refractivity contribution in [1.82, 2.24) is 15.1 Å². The highest BCUT2D eigenvalue weighted by Crippen LogP contribution is 2.25. The van der Waals surface area contributed by atoms with Crippen LogP contribution >= 0.6 is 11.6 Å². The number of piperidine rings is 1. The molecule has 2 aliphatic heterocycles. The molecule has 0 aromatic heterocycles. The minimum absolute atomic E-state index is 0.0781. The van der Waals surface area contributed by atoms with Crippen LogP contribution in [0.2, 0.25) is 5.02 Å². The van der Waals surface area contributed by atoms with Gasteiger partial charge in [0, 0.05) is 37.2 Å². The van der Waals surface area contributed by atoms with Crippen molar-refractivity contribution in [3.63, 3.8) is 0 Å². The molecule has 22 heavy (non-hydrogen) atoms. The number of methoxy groups -OCH3 is 1. The van der Waals surface area contributed by atoms with Crippen molar-refractivity contribution in [1.29, 1.82) is 0 Å². The standard InChI is InChI=1S/C16H22ClN3O2/c1-22-14-5-4-12(15(17)9-14)10-19-7-2-3-13(11-19)20-8-6-18-16(20)21/h4-5,9,13H,2-3,6-8,10-11H2,1H3,(H,18,21)/t13-/m1/s1. The number of hydrogen-bond donors (Lipinski definition) is 1. The number of halogens is 1. The molecule has 2 saturated heterocycles. The summed E-state index contributed by atoms with van der Waals surface area (Å²) in [5, 5.41) is 3.62. The number of ether oxygens (including phenoxy) is 1. The molecule has 6 heteroatoms. The lowest BCUT2D eigenvalue weighted by Crippen LogP contribution is -2.48. The van der Waals surface area contributed by atoms with E-state index in [1.165, 1.54) is 0 Å². The van der Waals surface area contributed by atoms with Crippen LogP contribution in [-0.2, 0) is 6.54 Å². The summed E-state index contributed by atoms with van der Waals surface area (Å²) in [6.45, 7) is 4.36. The fourth-order valence-corrected chi connectivity index (χ4v) is 3.52. The van der Waals surface area contributed by atoms with Crippen molar-refractivity contribution in [2.75, 3.05) is 33.3 Å². The molecule has 120 valence electrons. The van der Waals surface area contributed by atoms with Gasteiger partial charge in [-0.15, -0.1) is 0 Å². The molecule has 0 radical (unpaired) electrons. The van der Waals surface area contributed by atoms with E-state index in [-0.39, 0.29) is 6.03 Å². The number of hydrogen-bond acceptors (Lipinski definition) is 3. The van der Waals surface area contributed by atoms with Crippen LogP contribution < -0.4 is 10.1 Å². The fourth-order valence-electron chi connectivity index (χ4n) is 3.29. The minimum atomic E-state index is 0.0781. The summed E-state index contributed by atoms with van der Waals surface area (Å²) < 4.78 is 5.19. The van der Waals surface area contributed by atoms with Crippen LogP contribution in [-0.4, -0.2) is 55.2 Å². The third kappa shape index (κ3) is 3.31. The lowest BCUT2D eigenvalue weighted by Gasteiger charge is -2.37. The maximum absolute atomic E-state index is 11.8. The third-order valence-corrected chi connectivity index (χ3v) is 4.82. The van der Waals surface area contributed by atoms with E-state index in [9.17, 15) is 4.79 Å². The lowest BCUT2D eigenvalue weighted by molar-refractivity contribution is 0.122. The van der Waals surface area contributed by atoms with Gasteiger partial charge in [0.15, 0.2) is 0 Å². The van der Waals surface area contributed by atoms with Crippen LogP contribution in [0, 0.1) is 0 Å². The van der Waals surface area contributed by atoms with Crippen LogP contribution in [0.5, 0.6) is 5.75 Å². The molecule has 2 amide bonds. The number of nitrogens with one attached hydrogen (secondary N) is 1. The predicted octanol–water partition coefficient (Wildman–Crippen LogP) is 2.34. The summed E-state index contributed by atoms with van der Waals surface area (Å²) in [5.41, 5.74) is 1.11. The van der Waals surface area contributed by atoms with Gasteiger partial charge in [-0.05, 0) is 37.1 Å². The summed E-state index contributed by atoms with van der Waals surface area (Å²) in [6, 6.07) is 6.21. The van der Waals surface area contributed by atoms with E-state index >= 15 is 0 Å². The Morgan fingerprint density at radius 3 is 2.95 bits per heavy atom. The number of carbonyl (C=O) groups is 1. The van der Waals surface area contributed by atoms with Gasteiger partial charge in [0.25, 0.3) is 0 Å². The third-order valence-electron chi connectivity index (χ3n) is 4.47. The Kier molecular flexibility index (Phi) is 4.74. The van der Waals surface area contributed by atoms with Gasteiger partial charge in [0.05, 0.1) is 7.11 Å². The average molecular weight is 324 g/mol. The SMILES string of the molecule is COc1ccc(CN2CCC[C@@H](N3CCNC3=O)C2)c(Cl)c1. The molecule has 2 aliphatic rings. The van der Waals surface area contributed by atoms with Gasteiger partial charge < -0.3 is 15.0 Å². The van der Waals surface area contributed by atoms with Crippen molar-refractivity contribution in [3.05, 3.63) is 28.8 Å². The maximum Gasteiger partial charge on any atom is 0.317 e. The van der Waals surface area contributed by atoms with E-state index in [2.05, 4.69) is 10.2 Å². The molecule has 1 aromatic carbocycles. The summed E-state index contributed by atoms with van der Waals surface area (Å²) in [7, 11) is 1.64. The molecule has 0 saturated carbocycles. The van der Waals surface area contributed by atoms with Gasteiger partial charge in [-0.1, -0.05) is 17.7 Å². The van der Waals surface area contributed by atoms with Crippen LogP contribution in [0.4, 0.5) is 4.79 Å². The van der Waals surface area contributed by atoms with E-state index in [1.54, 1.807) is 7.11 Å². The van der Waals surface area contributed by atoms with Crippen LogP contribution in [0.3, 0.4) is 0 Å². The summed E-state index contributed by atoms with van der Waals surface area (Å²) >= 11 is 6.33. The largest absolute Gasteiger partial charge is 0.497 e. The number of rotatable bonds is 4. The van der Waals surface area contributed by atoms with Gasteiger partial charge in [0.1, 0.15) is 5.75 Å². The van der Waals surface area contributed by atoms with Crippen LogP contribution in [0.25, 0.3) is 0 Å². The zero-order valence-corrected chi connectivity index (χ0v) is 13.6. The van der Waals surface area contributed by atoms with Crippen LogP contribution in [0.1, 0.15) is 18.4 Å². The Hall–Kier alpha value is -1.46. The van der Waals surface area contributed by atoms with E-state index in [0.29, 0.717) is 6.04 Å². The van der Waals surface area contributed by atoms with Crippen molar-refractivity contribution in [3.8, 4) is 5.75 Å². The van der Waals surface area contributed by atoms with E-state index < -0.39 is 0 Å². The molecule has 0 spiro atoms. The number of carbonyl (C=O) groups excluding carboxylic acids is 1. The Labute approximate surface area is 136 Å². The van der Waals surface area contributed by atoms with E-state index in [4.69, 9.17) is 16.3 Å². The first kappa shape index (κ1) is 15.4. The second-order valence-electron chi connectivity index (χ2n) is 5.91. The molecule has 1 N–H and O–H groups in total. The molecule has 2 heterocycles. The van der Waals surface area contributed by atoms with Gasteiger partial charge in [-0.2, -0.15) is 0 Å². The van der Waals surface area contributed by atoms with Gasteiger partial charge >= 0.3 is 6.03 Å². The Bertz CT molecular complexity index is 552. The van der Waals surface area contributed by atoms with Gasteiger partial charge in [-0.25, -0.2) is 4.79 Å². The fraction of sp³-hybridized carbons (Fsp3) is 0.562. The quantitative estimate of drug-likeness (QED) is 0.925. The Balaban J connectivity index is 1.64. The number of urea groups is 1. The normalized spacial score (nSPS) is 22.7. The topological polar surface area (TPSA) is 44.8 Å². The number of nitrogens with zero attached hydrogens (tertiary/aromatic N) is 2. The molecular weight excluding hydrogens is 302 g/mol. The highest BCUT2D eigenvalue weighted by molar-refractivity contribution is 6.31. The maximum atomic E-state index is 11.8.